The van der Waals surface area contributed by atoms with Crippen LogP contribution in [0.25, 0.3) is 10.9 Å². The van der Waals surface area contributed by atoms with Crippen LogP contribution in [-0.2, 0) is 0 Å². The zero-order valence-corrected chi connectivity index (χ0v) is 10.8. The Hall–Kier alpha value is -2.60. The number of anilines is 3. The zero-order chi connectivity index (χ0) is 13.8. The topological polar surface area (TPSA) is 85.9 Å². The largest absolute Gasteiger partial charge is 0.395 e. The molecule has 0 atom stereocenters. The fraction of sp³-hybridized carbons (Fsp3) is 0.143. The normalized spacial score (nSPS) is 10.7. The third-order valence-electron chi connectivity index (χ3n) is 2.94. The first-order chi connectivity index (χ1) is 9.86. The van der Waals surface area contributed by atoms with Gasteiger partial charge in [-0.3, -0.25) is 0 Å². The molecule has 0 aliphatic heterocycles. The van der Waals surface area contributed by atoms with E-state index < -0.39 is 0 Å². The summed E-state index contributed by atoms with van der Waals surface area (Å²) in [5.41, 5.74) is 2.04. The van der Waals surface area contributed by atoms with Crippen molar-refractivity contribution in [1.29, 1.82) is 0 Å². The number of fused-ring (bicyclic) bond motifs is 1. The predicted molar refractivity (Wildman–Crippen MR) is 79.2 cm³/mol. The van der Waals surface area contributed by atoms with E-state index in [0.29, 0.717) is 18.2 Å². The highest BCUT2D eigenvalue weighted by Gasteiger charge is 2.04. The van der Waals surface area contributed by atoms with Gasteiger partial charge in [-0.2, -0.15) is 0 Å². The molecule has 0 fully saturated rings. The second kappa shape index (κ2) is 5.58. The molecule has 0 saturated carbocycles. The monoisotopic (exact) mass is 269 g/mol. The number of nitrogens with zero attached hydrogens (tertiary/aromatic N) is 2. The number of nitrogens with one attached hydrogen (secondary N) is 3. The number of benzene rings is 1. The molecule has 0 unspecified atom stereocenters. The maximum Gasteiger partial charge on any atom is 0.135 e. The van der Waals surface area contributed by atoms with Gasteiger partial charge in [0.2, 0.25) is 0 Å². The van der Waals surface area contributed by atoms with E-state index in [1.54, 1.807) is 6.07 Å². The number of H-pyrrole nitrogens is 1. The fourth-order valence-corrected chi connectivity index (χ4v) is 2.02. The molecule has 0 amide bonds. The number of hydrogen-bond acceptors (Lipinski definition) is 5. The Labute approximate surface area is 115 Å². The Morgan fingerprint density at radius 2 is 2.00 bits per heavy atom. The molecule has 20 heavy (non-hydrogen) atoms. The van der Waals surface area contributed by atoms with Crippen LogP contribution in [-0.4, -0.2) is 33.2 Å². The van der Waals surface area contributed by atoms with Gasteiger partial charge in [0.1, 0.15) is 18.0 Å². The number of aromatic amines is 1. The van der Waals surface area contributed by atoms with Crippen LogP contribution in [0, 0.1) is 0 Å². The van der Waals surface area contributed by atoms with Crippen LogP contribution in [0.1, 0.15) is 0 Å². The average molecular weight is 269 g/mol. The van der Waals surface area contributed by atoms with Crippen molar-refractivity contribution in [2.45, 2.75) is 0 Å². The van der Waals surface area contributed by atoms with E-state index in [1.165, 1.54) is 6.33 Å². The molecule has 0 radical (unpaired) electrons. The van der Waals surface area contributed by atoms with Gasteiger partial charge in [0.25, 0.3) is 0 Å². The van der Waals surface area contributed by atoms with Gasteiger partial charge in [0.05, 0.1) is 12.3 Å². The van der Waals surface area contributed by atoms with E-state index in [-0.39, 0.29) is 6.61 Å². The quantitative estimate of drug-likeness (QED) is 0.570. The van der Waals surface area contributed by atoms with Gasteiger partial charge in [-0.15, -0.1) is 0 Å². The van der Waals surface area contributed by atoms with Crippen LogP contribution in [0.3, 0.4) is 0 Å². The Bertz CT molecular complexity index is 709. The van der Waals surface area contributed by atoms with E-state index in [9.17, 15) is 0 Å². The van der Waals surface area contributed by atoms with Crippen molar-refractivity contribution in [1.82, 2.24) is 15.0 Å². The van der Waals surface area contributed by atoms with Crippen molar-refractivity contribution in [2.24, 2.45) is 0 Å². The molecule has 2 aromatic heterocycles. The van der Waals surface area contributed by atoms with Crippen molar-refractivity contribution in [3.8, 4) is 0 Å². The number of hydrogen-bond donors (Lipinski definition) is 4. The summed E-state index contributed by atoms with van der Waals surface area (Å²) in [5, 5.41) is 16.2. The maximum atomic E-state index is 8.80. The lowest BCUT2D eigenvalue weighted by atomic mass is 10.2. The van der Waals surface area contributed by atoms with Crippen LogP contribution in [0.15, 0.2) is 42.9 Å². The third-order valence-corrected chi connectivity index (χ3v) is 2.94. The number of para-hydroxylation sites is 1. The molecule has 3 rings (SSSR count). The summed E-state index contributed by atoms with van der Waals surface area (Å²) in [6.45, 7) is 0.527. The summed E-state index contributed by atoms with van der Waals surface area (Å²) in [4.78, 5) is 11.5. The first-order valence-corrected chi connectivity index (χ1v) is 6.37. The highest BCUT2D eigenvalue weighted by atomic mass is 16.3. The molecular weight excluding hydrogens is 254 g/mol. The minimum Gasteiger partial charge on any atom is -0.395 e. The minimum atomic E-state index is 0.0647. The van der Waals surface area contributed by atoms with Gasteiger partial charge >= 0.3 is 0 Å². The van der Waals surface area contributed by atoms with Crippen LogP contribution in [0.4, 0.5) is 17.3 Å². The van der Waals surface area contributed by atoms with E-state index in [1.807, 2.05) is 30.5 Å². The van der Waals surface area contributed by atoms with Crippen LogP contribution in [0.5, 0.6) is 0 Å². The van der Waals surface area contributed by atoms with Gasteiger partial charge in [-0.1, -0.05) is 18.2 Å². The zero-order valence-electron chi connectivity index (χ0n) is 10.8. The highest BCUT2D eigenvalue weighted by Crippen LogP contribution is 2.25. The molecule has 4 N–H and O–H groups in total. The SMILES string of the molecule is OCCNc1cc(Nc2c[nH]c3ccccc23)ncn1. The Morgan fingerprint density at radius 1 is 1.15 bits per heavy atom. The summed E-state index contributed by atoms with van der Waals surface area (Å²) in [6.07, 6.45) is 3.39. The van der Waals surface area contributed by atoms with Gasteiger partial charge in [-0.25, -0.2) is 9.97 Å². The van der Waals surface area contributed by atoms with Crippen molar-refractivity contribution in [2.75, 3.05) is 23.8 Å². The molecule has 0 saturated heterocycles. The minimum absolute atomic E-state index is 0.0647. The Balaban J connectivity index is 1.83. The molecule has 0 aliphatic carbocycles. The van der Waals surface area contributed by atoms with Crippen LogP contribution in [0.2, 0.25) is 0 Å². The molecule has 0 spiro atoms. The molecule has 0 bridgehead atoms. The van der Waals surface area contributed by atoms with Crippen molar-refractivity contribution in [3.63, 3.8) is 0 Å². The second-order valence-electron chi connectivity index (χ2n) is 4.31. The van der Waals surface area contributed by atoms with Gasteiger partial charge in [-0.05, 0) is 6.07 Å². The van der Waals surface area contributed by atoms with Crippen LogP contribution >= 0.6 is 0 Å². The molecule has 1 aromatic carbocycles. The molecule has 3 aromatic rings. The Morgan fingerprint density at radius 3 is 2.90 bits per heavy atom. The summed E-state index contributed by atoms with van der Waals surface area (Å²) >= 11 is 0. The van der Waals surface area contributed by atoms with Crippen LogP contribution < -0.4 is 10.6 Å². The van der Waals surface area contributed by atoms with E-state index >= 15 is 0 Å². The average Bonchev–Trinajstić information content (AvgIpc) is 2.89. The van der Waals surface area contributed by atoms with Crippen molar-refractivity contribution in [3.05, 3.63) is 42.9 Å². The lowest BCUT2D eigenvalue weighted by molar-refractivity contribution is 0.311. The van der Waals surface area contributed by atoms with E-state index in [0.717, 1.165) is 16.6 Å². The fourth-order valence-electron chi connectivity index (χ4n) is 2.02. The van der Waals surface area contributed by atoms with Crippen molar-refractivity contribution < 1.29 is 5.11 Å². The smallest absolute Gasteiger partial charge is 0.135 e. The third kappa shape index (κ3) is 2.55. The molecule has 0 aliphatic rings. The molecule has 102 valence electrons. The predicted octanol–water partition coefficient (Wildman–Crippen LogP) is 2.11. The first kappa shape index (κ1) is 12.4. The van der Waals surface area contributed by atoms with Gasteiger partial charge < -0.3 is 20.7 Å². The number of aromatic nitrogens is 3. The lowest BCUT2D eigenvalue weighted by Crippen LogP contribution is -2.07. The van der Waals surface area contributed by atoms with Gasteiger partial charge in [0.15, 0.2) is 0 Å². The molecule has 6 nitrogen and oxygen atoms in total. The second-order valence-corrected chi connectivity index (χ2v) is 4.31. The van der Waals surface area contributed by atoms with Crippen molar-refractivity contribution >= 4 is 28.2 Å². The summed E-state index contributed by atoms with van der Waals surface area (Å²) in [7, 11) is 0. The van der Waals surface area contributed by atoms with E-state index in [2.05, 4.69) is 25.6 Å². The summed E-state index contributed by atoms with van der Waals surface area (Å²) in [6, 6.07) is 9.85. The van der Waals surface area contributed by atoms with Gasteiger partial charge in [0, 0.05) is 29.7 Å². The highest BCUT2D eigenvalue weighted by molar-refractivity contribution is 5.93. The lowest BCUT2D eigenvalue weighted by Gasteiger charge is -2.07. The number of aliphatic hydroxyl groups is 1. The van der Waals surface area contributed by atoms with E-state index in [4.69, 9.17) is 5.11 Å². The first-order valence-electron chi connectivity index (χ1n) is 6.37. The molecule has 2 heterocycles. The Kier molecular flexibility index (Phi) is 3.47. The summed E-state index contributed by atoms with van der Waals surface area (Å²) < 4.78 is 0. The maximum absolute atomic E-state index is 8.80. The molecular formula is C14H15N5O. The molecule has 6 heteroatoms. The standard InChI is InChI=1S/C14H15N5O/c20-6-5-15-13-7-14(18-9-17-13)19-12-8-16-11-4-2-1-3-10(11)12/h1-4,7-9,16,20H,5-6H2,(H2,15,17,18,19). The number of aliphatic hydroxyl groups excluding tert-OH is 1. The number of rotatable bonds is 5. The summed E-state index contributed by atoms with van der Waals surface area (Å²) in [5.74, 6) is 1.38.